The molecule has 0 unspecified atom stereocenters. The molecule has 0 N–H and O–H groups in total. The van der Waals surface area contributed by atoms with Crippen LogP contribution in [0.1, 0.15) is 0 Å². The fourth-order valence-corrected chi connectivity index (χ4v) is 9.53. The van der Waals surface area contributed by atoms with Gasteiger partial charge >= 0.3 is 0 Å². The number of hydrogen-bond acceptors (Lipinski definition) is 6. The van der Waals surface area contributed by atoms with Crippen LogP contribution in [0.3, 0.4) is 0 Å². The number of rotatable bonds is 6. The highest BCUT2D eigenvalue weighted by Crippen LogP contribution is 2.48. The van der Waals surface area contributed by atoms with Gasteiger partial charge in [-0.1, -0.05) is 97.1 Å². The average Bonchev–Trinajstić information content (AvgIpc) is 4.01. The Morgan fingerprint density at radius 1 is 0.321 bits per heavy atom. The lowest BCUT2D eigenvalue weighted by Gasteiger charge is -2.25. The summed E-state index contributed by atoms with van der Waals surface area (Å²) >= 11 is 1.77. The zero-order valence-electron chi connectivity index (χ0n) is 29.8. The van der Waals surface area contributed by atoms with E-state index in [0.717, 1.165) is 109 Å². The summed E-state index contributed by atoms with van der Waals surface area (Å²) in [6, 6.07) is 63.3. The van der Waals surface area contributed by atoms with E-state index in [9.17, 15) is 0 Å². The minimum absolute atomic E-state index is 0.843. The predicted molar refractivity (Wildman–Crippen MR) is 233 cm³/mol. The fraction of sp³-hybridized carbons (Fsp3) is 0. The van der Waals surface area contributed by atoms with Crippen LogP contribution in [0.5, 0.6) is 0 Å². The summed E-state index contributed by atoms with van der Waals surface area (Å²) in [5.74, 6) is 0. The maximum atomic E-state index is 6.80. The normalized spacial score (nSPS) is 11.9. The first-order valence-corrected chi connectivity index (χ1v) is 19.5. The fourth-order valence-electron chi connectivity index (χ4n) is 8.34. The summed E-state index contributed by atoms with van der Waals surface area (Å²) in [7, 11) is 0. The van der Waals surface area contributed by atoms with Gasteiger partial charge in [0.05, 0.1) is 21.8 Å². The standard InChI is InChI=1S/C50H30N2O3S/c1-3-13-31(14-4-1)51(41-21-11-19-37-35-17-7-9-23-43(35)53-47(37)41)33-25-27-39-45(29-33)55-49-40-28-26-34(30-46(40)56-50(39)49)52(32-15-5-2-6-16-32)42-22-12-20-38-36-18-8-10-24-44(36)54-48(38)42/h1-30H. The summed E-state index contributed by atoms with van der Waals surface area (Å²) in [6.45, 7) is 0. The van der Waals surface area contributed by atoms with E-state index in [1.807, 2.05) is 30.3 Å². The van der Waals surface area contributed by atoms with Crippen LogP contribution < -0.4 is 9.80 Å². The summed E-state index contributed by atoms with van der Waals surface area (Å²) in [6.07, 6.45) is 0. The Bertz CT molecular complexity index is 3220. The van der Waals surface area contributed by atoms with E-state index in [4.69, 9.17) is 13.3 Å². The van der Waals surface area contributed by atoms with Crippen LogP contribution >= 0.6 is 11.3 Å². The third-order valence-electron chi connectivity index (χ3n) is 10.8. The Hall–Kier alpha value is -7.28. The van der Waals surface area contributed by atoms with Crippen LogP contribution in [0.25, 0.3) is 75.2 Å². The maximum absolute atomic E-state index is 6.80. The molecule has 4 heterocycles. The molecule has 5 nitrogen and oxygen atoms in total. The van der Waals surface area contributed by atoms with Crippen LogP contribution in [-0.2, 0) is 0 Å². The molecule has 8 aromatic carbocycles. The first-order valence-electron chi connectivity index (χ1n) is 18.7. The second-order valence-electron chi connectivity index (χ2n) is 14.1. The zero-order valence-corrected chi connectivity index (χ0v) is 30.7. The van der Waals surface area contributed by atoms with Gasteiger partial charge in [0, 0.05) is 60.1 Å². The summed E-state index contributed by atoms with van der Waals surface area (Å²) in [4.78, 5) is 4.54. The lowest BCUT2D eigenvalue weighted by molar-refractivity contribution is 0.668. The van der Waals surface area contributed by atoms with Gasteiger partial charge < -0.3 is 23.1 Å². The van der Waals surface area contributed by atoms with E-state index in [1.54, 1.807) is 11.3 Å². The van der Waals surface area contributed by atoms with E-state index >= 15 is 0 Å². The number of fused-ring (bicyclic) bond motifs is 11. The molecule has 12 aromatic rings. The molecule has 0 aliphatic heterocycles. The Morgan fingerprint density at radius 3 is 1.39 bits per heavy atom. The molecule has 0 bridgehead atoms. The predicted octanol–water partition coefficient (Wildman–Crippen LogP) is 15.5. The van der Waals surface area contributed by atoms with Crippen LogP contribution in [-0.4, -0.2) is 0 Å². The van der Waals surface area contributed by atoms with Crippen LogP contribution in [0.15, 0.2) is 195 Å². The van der Waals surface area contributed by atoms with Gasteiger partial charge in [0.1, 0.15) is 16.7 Å². The SMILES string of the molecule is c1ccc(N(c2ccc3c(c2)oc2c4ccc(N(c5ccccc5)c5cccc6c5oc5ccccc56)cc4sc32)c2cccc3c2oc2ccccc23)cc1. The highest BCUT2D eigenvalue weighted by atomic mass is 32.1. The maximum Gasteiger partial charge on any atom is 0.159 e. The van der Waals surface area contributed by atoms with Gasteiger partial charge in [0.25, 0.3) is 0 Å². The average molecular weight is 739 g/mol. The number of furan rings is 3. The van der Waals surface area contributed by atoms with Gasteiger partial charge in [-0.25, -0.2) is 0 Å². The molecular formula is C50H30N2O3S. The van der Waals surface area contributed by atoms with Crippen molar-refractivity contribution in [3.63, 3.8) is 0 Å². The molecule has 0 amide bonds. The molecule has 0 saturated carbocycles. The monoisotopic (exact) mass is 738 g/mol. The number of para-hydroxylation sites is 6. The number of thiophene rings is 1. The van der Waals surface area contributed by atoms with Gasteiger partial charge in [-0.05, 0) is 78.9 Å². The molecule has 56 heavy (non-hydrogen) atoms. The van der Waals surface area contributed by atoms with Crippen LogP contribution in [0.4, 0.5) is 34.1 Å². The minimum atomic E-state index is 0.843. The Kier molecular flexibility index (Phi) is 6.73. The topological polar surface area (TPSA) is 45.9 Å². The molecule has 4 aromatic heterocycles. The molecule has 0 atom stereocenters. The van der Waals surface area contributed by atoms with Gasteiger partial charge in [0.2, 0.25) is 0 Å². The first-order chi connectivity index (χ1) is 27.8. The lowest BCUT2D eigenvalue weighted by atomic mass is 10.1. The van der Waals surface area contributed by atoms with E-state index in [1.165, 1.54) is 0 Å². The van der Waals surface area contributed by atoms with Crippen molar-refractivity contribution >= 4 is 121 Å². The second-order valence-corrected chi connectivity index (χ2v) is 15.1. The third kappa shape index (κ3) is 4.66. The van der Waals surface area contributed by atoms with Gasteiger partial charge in [0.15, 0.2) is 16.7 Å². The van der Waals surface area contributed by atoms with Crippen LogP contribution in [0, 0.1) is 0 Å². The van der Waals surface area contributed by atoms with Crippen molar-refractivity contribution in [1.82, 2.24) is 0 Å². The quantitative estimate of drug-likeness (QED) is 0.170. The van der Waals surface area contributed by atoms with Gasteiger partial charge in [-0.3, -0.25) is 0 Å². The van der Waals surface area contributed by atoms with Crippen molar-refractivity contribution in [2.75, 3.05) is 9.80 Å². The Morgan fingerprint density at radius 2 is 0.804 bits per heavy atom. The molecule has 0 fully saturated rings. The molecular weight excluding hydrogens is 709 g/mol. The molecule has 0 saturated heterocycles. The molecule has 12 rings (SSSR count). The zero-order chi connectivity index (χ0) is 36.7. The minimum Gasteiger partial charge on any atom is -0.454 e. The van der Waals surface area contributed by atoms with Gasteiger partial charge in [-0.15, -0.1) is 11.3 Å². The van der Waals surface area contributed by atoms with Crippen LogP contribution in [0.2, 0.25) is 0 Å². The number of benzene rings is 8. The first kappa shape index (κ1) is 31.1. The second kappa shape index (κ2) is 12.1. The summed E-state index contributed by atoms with van der Waals surface area (Å²) < 4.78 is 22.1. The van der Waals surface area contributed by atoms with E-state index < -0.39 is 0 Å². The van der Waals surface area contributed by atoms with Crippen molar-refractivity contribution in [3.05, 3.63) is 182 Å². The van der Waals surface area contributed by atoms with Crippen molar-refractivity contribution in [2.45, 2.75) is 0 Å². The highest BCUT2D eigenvalue weighted by molar-refractivity contribution is 7.26. The van der Waals surface area contributed by atoms with Crippen molar-refractivity contribution in [1.29, 1.82) is 0 Å². The largest absolute Gasteiger partial charge is 0.454 e. The lowest BCUT2D eigenvalue weighted by Crippen LogP contribution is -2.10. The van der Waals surface area contributed by atoms with E-state index in [2.05, 4.69) is 161 Å². The molecule has 0 radical (unpaired) electrons. The molecule has 0 aliphatic rings. The van der Waals surface area contributed by atoms with Crippen molar-refractivity contribution in [3.8, 4) is 0 Å². The number of hydrogen-bond donors (Lipinski definition) is 0. The third-order valence-corrected chi connectivity index (χ3v) is 12.0. The number of anilines is 6. The summed E-state index contributed by atoms with van der Waals surface area (Å²) in [5, 5.41) is 6.58. The molecule has 264 valence electrons. The van der Waals surface area contributed by atoms with Gasteiger partial charge in [-0.2, -0.15) is 0 Å². The summed E-state index contributed by atoms with van der Waals surface area (Å²) in [5.41, 5.74) is 11.3. The molecule has 0 spiro atoms. The van der Waals surface area contributed by atoms with E-state index in [-0.39, 0.29) is 0 Å². The Labute approximate surface area is 324 Å². The van der Waals surface area contributed by atoms with Crippen molar-refractivity contribution in [2.24, 2.45) is 0 Å². The smallest absolute Gasteiger partial charge is 0.159 e. The molecule has 0 aliphatic carbocycles. The van der Waals surface area contributed by atoms with E-state index in [0.29, 0.717) is 0 Å². The number of nitrogens with zero attached hydrogens (tertiary/aromatic N) is 2. The molecule has 6 heteroatoms. The Balaban J connectivity index is 0.997. The highest BCUT2D eigenvalue weighted by Gasteiger charge is 2.23. The van der Waals surface area contributed by atoms with Crippen molar-refractivity contribution < 1.29 is 13.3 Å².